The fraction of sp³-hybridized carbons (Fsp3) is 0.310. The molecular weight excluding hydrogens is 608 g/mol. The highest BCUT2D eigenvalue weighted by molar-refractivity contribution is 7.89. The number of benzene rings is 2. The number of hydrogen-bond donors (Lipinski definition) is 4. The first kappa shape index (κ1) is 30.4. The number of H-pyrrole nitrogens is 2. The average molecular weight is 640 g/mol. The summed E-state index contributed by atoms with van der Waals surface area (Å²) in [6.45, 7) is 6.29. The number of halogens is 2. The Balaban J connectivity index is 1.29. The van der Waals surface area contributed by atoms with Crippen molar-refractivity contribution in [2.75, 3.05) is 48.8 Å². The van der Waals surface area contributed by atoms with E-state index < -0.39 is 43.9 Å². The van der Waals surface area contributed by atoms with E-state index >= 15 is 0 Å². The van der Waals surface area contributed by atoms with Crippen LogP contribution in [0.2, 0.25) is 0 Å². The molecule has 6 rings (SSSR count). The van der Waals surface area contributed by atoms with E-state index in [1.807, 2.05) is 7.05 Å². The van der Waals surface area contributed by atoms with E-state index in [4.69, 9.17) is 0 Å². The van der Waals surface area contributed by atoms with Gasteiger partial charge < -0.3 is 20.4 Å². The number of carbonyl (C=O) groups is 2. The summed E-state index contributed by atoms with van der Waals surface area (Å²) in [5.41, 5.74) is 1.14. The molecule has 45 heavy (non-hydrogen) atoms. The third-order valence-corrected chi connectivity index (χ3v) is 10.2. The predicted octanol–water partition coefficient (Wildman–Crippen LogP) is 3.11. The highest BCUT2D eigenvalue weighted by atomic mass is 32.2. The van der Waals surface area contributed by atoms with E-state index in [2.05, 4.69) is 40.8 Å². The van der Waals surface area contributed by atoms with Crippen LogP contribution in [0.15, 0.2) is 53.7 Å². The maximum Gasteiger partial charge on any atom is 0.258 e. The molecule has 4 aromatic rings. The van der Waals surface area contributed by atoms with Gasteiger partial charge in [0.15, 0.2) is 5.82 Å². The lowest BCUT2D eigenvalue weighted by Gasteiger charge is -2.34. The Morgan fingerprint density at radius 1 is 0.978 bits per heavy atom. The number of nitrogens with one attached hydrogen (secondary N) is 4. The monoisotopic (exact) mass is 639 g/mol. The molecule has 2 aliphatic heterocycles. The Hall–Kier alpha value is -4.67. The molecule has 16 heteroatoms. The summed E-state index contributed by atoms with van der Waals surface area (Å²) in [4.78, 5) is 30.5. The fourth-order valence-electron chi connectivity index (χ4n) is 5.62. The lowest BCUT2D eigenvalue weighted by atomic mass is 10.0. The Bertz CT molecular complexity index is 1860. The van der Waals surface area contributed by atoms with Gasteiger partial charge in [-0.3, -0.25) is 19.8 Å². The molecule has 0 unspecified atom stereocenters. The number of aromatic nitrogens is 4. The van der Waals surface area contributed by atoms with Crippen LogP contribution < -0.4 is 15.5 Å². The highest BCUT2D eigenvalue weighted by Gasteiger charge is 2.48. The molecule has 2 aromatic heterocycles. The molecule has 2 aliphatic rings. The summed E-state index contributed by atoms with van der Waals surface area (Å²) in [6, 6.07) is 7.26. The average Bonchev–Trinajstić information content (AvgIpc) is 3.72. The van der Waals surface area contributed by atoms with Gasteiger partial charge in [0.2, 0.25) is 10.0 Å². The van der Waals surface area contributed by atoms with Crippen LogP contribution in [0.25, 0.3) is 0 Å². The standard InChI is InChI=1S/C29H31F2N9O4S/c1-29(2)25-23(16-40(29)45(43,44)21-11-18(30)10-19(31)12-21)26(37-36-25)35-28(42)22-5-4-20(39-8-6-38(3)7-9-39)13-24(22)34-27(41)17-14-32-33-15-17/h4-5,10-15H,6-9,16H2,1-3H3,(H,32,33)(H,34,41)(H2,35,36,37,42). The van der Waals surface area contributed by atoms with Crippen LogP contribution in [0.5, 0.6) is 0 Å². The summed E-state index contributed by atoms with van der Waals surface area (Å²) in [5.74, 6) is -3.02. The lowest BCUT2D eigenvalue weighted by Crippen LogP contribution is -2.44. The quantitative estimate of drug-likeness (QED) is 0.240. The first-order chi connectivity index (χ1) is 21.3. The maximum absolute atomic E-state index is 13.9. The molecule has 13 nitrogen and oxygen atoms in total. The number of hydrogen-bond acceptors (Lipinski definition) is 8. The number of rotatable bonds is 7. The van der Waals surface area contributed by atoms with Crippen molar-refractivity contribution in [1.82, 2.24) is 29.6 Å². The van der Waals surface area contributed by atoms with Crippen LogP contribution in [-0.4, -0.2) is 83.1 Å². The zero-order valence-electron chi connectivity index (χ0n) is 24.7. The molecule has 0 bridgehead atoms. The number of amides is 2. The number of sulfonamides is 1. The van der Waals surface area contributed by atoms with Crippen molar-refractivity contribution in [2.24, 2.45) is 0 Å². The minimum atomic E-state index is -4.36. The molecule has 2 amide bonds. The van der Waals surface area contributed by atoms with Crippen LogP contribution in [0.4, 0.5) is 26.0 Å². The zero-order valence-corrected chi connectivity index (χ0v) is 25.5. The van der Waals surface area contributed by atoms with Crippen molar-refractivity contribution >= 4 is 39.0 Å². The van der Waals surface area contributed by atoms with Gasteiger partial charge >= 0.3 is 0 Å². The van der Waals surface area contributed by atoms with Gasteiger partial charge in [0, 0.05) is 56.2 Å². The molecule has 0 spiro atoms. The third kappa shape index (κ3) is 5.67. The Morgan fingerprint density at radius 3 is 2.36 bits per heavy atom. The zero-order chi connectivity index (χ0) is 32.1. The van der Waals surface area contributed by atoms with Crippen LogP contribution in [0, 0.1) is 11.6 Å². The van der Waals surface area contributed by atoms with Crippen LogP contribution in [-0.2, 0) is 22.1 Å². The minimum absolute atomic E-state index is 0.0847. The van der Waals surface area contributed by atoms with Gasteiger partial charge in [0.1, 0.15) is 11.6 Å². The summed E-state index contributed by atoms with van der Waals surface area (Å²) in [7, 11) is -2.31. The molecule has 1 saturated heterocycles. The topological polar surface area (TPSA) is 159 Å². The number of aromatic amines is 2. The Kier molecular flexibility index (Phi) is 7.66. The molecule has 236 valence electrons. The van der Waals surface area contributed by atoms with E-state index in [0.29, 0.717) is 17.3 Å². The van der Waals surface area contributed by atoms with E-state index in [1.165, 1.54) is 12.4 Å². The molecule has 1 fully saturated rings. The van der Waals surface area contributed by atoms with Crippen LogP contribution in [0.3, 0.4) is 0 Å². The molecule has 2 aromatic carbocycles. The van der Waals surface area contributed by atoms with Crippen molar-refractivity contribution in [3.8, 4) is 0 Å². The number of fused-ring (bicyclic) bond motifs is 1. The molecule has 0 radical (unpaired) electrons. The summed E-state index contributed by atoms with van der Waals surface area (Å²) >= 11 is 0. The van der Waals surface area contributed by atoms with Gasteiger partial charge in [-0.15, -0.1) is 0 Å². The van der Waals surface area contributed by atoms with E-state index in [1.54, 1.807) is 32.0 Å². The molecule has 0 aliphatic carbocycles. The minimum Gasteiger partial charge on any atom is -0.369 e. The van der Waals surface area contributed by atoms with E-state index in [0.717, 1.165) is 48.3 Å². The van der Waals surface area contributed by atoms with E-state index in [9.17, 15) is 26.8 Å². The van der Waals surface area contributed by atoms with Crippen molar-refractivity contribution in [3.05, 3.63) is 82.8 Å². The Labute approximate surface area is 257 Å². The summed E-state index contributed by atoms with van der Waals surface area (Å²) in [6.07, 6.45) is 2.80. The molecular formula is C29H31F2N9O4S. The second kappa shape index (κ2) is 11.4. The van der Waals surface area contributed by atoms with Gasteiger partial charge in [-0.1, -0.05) is 0 Å². The smallest absolute Gasteiger partial charge is 0.258 e. The normalized spacial score (nSPS) is 16.9. The number of piperazine rings is 1. The molecule has 4 heterocycles. The van der Waals surface area contributed by atoms with Crippen molar-refractivity contribution in [3.63, 3.8) is 0 Å². The van der Waals surface area contributed by atoms with E-state index in [-0.39, 0.29) is 29.2 Å². The number of carbonyl (C=O) groups excluding carboxylic acids is 2. The van der Waals surface area contributed by atoms with Gasteiger partial charge in [0.25, 0.3) is 11.8 Å². The number of nitrogens with zero attached hydrogens (tertiary/aromatic N) is 5. The number of anilines is 3. The fourth-order valence-corrected chi connectivity index (χ4v) is 7.39. The van der Waals surface area contributed by atoms with Crippen LogP contribution in [0.1, 0.15) is 45.8 Å². The van der Waals surface area contributed by atoms with Gasteiger partial charge in [-0.05, 0) is 51.2 Å². The SMILES string of the molecule is CN1CCN(c2ccc(C(=O)Nc3n[nH]c4c3CN(S(=O)(=O)c3cc(F)cc(F)c3)C4(C)C)c(NC(=O)c3cn[nH]c3)c2)CC1. The van der Waals surface area contributed by atoms with Crippen molar-refractivity contribution in [2.45, 2.75) is 30.8 Å². The first-order valence-corrected chi connectivity index (χ1v) is 15.5. The van der Waals surface area contributed by atoms with Gasteiger partial charge in [-0.2, -0.15) is 14.5 Å². The van der Waals surface area contributed by atoms with Gasteiger partial charge in [-0.25, -0.2) is 17.2 Å². The molecule has 0 atom stereocenters. The Morgan fingerprint density at radius 2 is 1.69 bits per heavy atom. The molecule has 0 saturated carbocycles. The van der Waals surface area contributed by atoms with Crippen molar-refractivity contribution < 1.29 is 26.8 Å². The largest absolute Gasteiger partial charge is 0.369 e. The van der Waals surface area contributed by atoms with Gasteiger partial charge in [0.05, 0.1) is 39.1 Å². The molecule has 4 N–H and O–H groups in total. The third-order valence-electron chi connectivity index (χ3n) is 8.18. The summed E-state index contributed by atoms with van der Waals surface area (Å²) in [5, 5.41) is 19.0. The summed E-state index contributed by atoms with van der Waals surface area (Å²) < 4.78 is 56.0. The predicted molar refractivity (Wildman–Crippen MR) is 161 cm³/mol. The maximum atomic E-state index is 13.9. The second-order valence-corrected chi connectivity index (χ2v) is 13.4. The lowest BCUT2D eigenvalue weighted by molar-refractivity contribution is 0.102. The second-order valence-electron chi connectivity index (χ2n) is 11.5. The number of likely N-dealkylation sites (N-methyl/N-ethyl adjacent to an activating group) is 1. The van der Waals surface area contributed by atoms with Crippen molar-refractivity contribution in [1.29, 1.82) is 0 Å². The highest BCUT2D eigenvalue weighted by Crippen LogP contribution is 2.44. The van der Waals surface area contributed by atoms with Crippen LogP contribution >= 0.6 is 0 Å². The first-order valence-electron chi connectivity index (χ1n) is 14.1.